The summed E-state index contributed by atoms with van der Waals surface area (Å²) in [5, 5.41) is 0. The first kappa shape index (κ1) is 16.1. The quantitative estimate of drug-likeness (QED) is 0.628. The van der Waals surface area contributed by atoms with E-state index >= 15 is 0 Å². The van der Waals surface area contributed by atoms with Crippen molar-refractivity contribution in [2.75, 3.05) is 6.54 Å². The molecule has 122 valence electrons. The van der Waals surface area contributed by atoms with Crippen LogP contribution in [-0.2, 0) is 20.7 Å². The summed E-state index contributed by atoms with van der Waals surface area (Å²) in [6.07, 6.45) is 0.188. The molecule has 2 aromatic carbocycles. The zero-order valence-electron chi connectivity index (χ0n) is 13.5. The molecule has 0 bridgehead atoms. The summed E-state index contributed by atoms with van der Waals surface area (Å²) in [5.41, 5.74) is 2.53. The molecule has 0 saturated carbocycles. The second-order valence-corrected chi connectivity index (χ2v) is 5.81. The molecule has 0 spiro atoms. The van der Waals surface area contributed by atoms with Crippen molar-refractivity contribution in [1.29, 1.82) is 0 Å². The molecule has 4 nitrogen and oxygen atoms in total. The van der Waals surface area contributed by atoms with Crippen molar-refractivity contribution >= 4 is 17.5 Å². The van der Waals surface area contributed by atoms with Crippen LogP contribution >= 0.6 is 0 Å². The molecule has 3 rings (SSSR count). The van der Waals surface area contributed by atoms with Gasteiger partial charge in [-0.1, -0.05) is 60.7 Å². The maximum atomic E-state index is 12.1. The smallest absolute Gasteiger partial charge is 0.323 e. The highest BCUT2D eigenvalue weighted by Crippen LogP contribution is 2.32. The Bertz CT molecular complexity index is 753. The molecular formula is C20H19NO3. The summed E-state index contributed by atoms with van der Waals surface area (Å²) in [6, 6.07) is 19.4. The summed E-state index contributed by atoms with van der Waals surface area (Å²) in [7, 11) is 0. The van der Waals surface area contributed by atoms with Gasteiger partial charge in [0.25, 0.3) is 0 Å². The number of hydrogen-bond donors (Lipinski definition) is 0. The van der Waals surface area contributed by atoms with Gasteiger partial charge in [-0.2, -0.15) is 0 Å². The van der Waals surface area contributed by atoms with Gasteiger partial charge in [-0.15, -0.1) is 0 Å². The van der Waals surface area contributed by atoms with Crippen LogP contribution in [0.4, 0.5) is 0 Å². The first-order valence-corrected chi connectivity index (χ1v) is 8.01. The van der Waals surface area contributed by atoms with Crippen LogP contribution in [0.2, 0.25) is 0 Å². The molecule has 0 N–H and O–H groups in total. The second kappa shape index (κ2) is 7.21. The summed E-state index contributed by atoms with van der Waals surface area (Å²) >= 11 is 0. The molecule has 1 aliphatic rings. The first-order valence-electron chi connectivity index (χ1n) is 8.01. The number of hydrogen-bond acceptors (Lipinski definition) is 4. The maximum absolute atomic E-state index is 12.1. The second-order valence-electron chi connectivity index (χ2n) is 5.81. The zero-order chi connectivity index (χ0) is 16.9. The first-order chi connectivity index (χ1) is 11.7. The topological polar surface area (TPSA) is 55.7 Å². The van der Waals surface area contributed by atoms with Gasteiger partial charge in [0.2, 0.25) is 0 Å². The Morgan fingerprint density at radius 2 is 1.67 bits per heavy atom. The van der Waals surface area contributed by atoms with Crippen LogP contribution < -0.4 is 0 Å². The van der Waals surface area contributed by atoms with Crippen LogP contribution in [-0.4, -0.2) is 24.0 Å². The maximum Gasteiger partial charge on any atom is 0.323 e. The van der Waals surface area contributed by atoms with E-state index in [1.165, 1.54) is 12.5 Å². The lowest BCUT2D eigenvalue weighted by molar-refractivity contribution is -0.146. The minimum Gasteiger partial charge on any atom is -0.450 e. The molecule has 1 saturated heterocycles. The number of cyclic esters (lactones) is 1. The van der Waals surface area contributed by atoms with E-state index in [0.29, 0.717) is 12.3 Å². The van der Waals surface area contributed by atoms with Crippen molar-refractivity contribution in [3.05, 3.63) is 71.8 Å². The Morgan fingerprint density at radius 3 is 2.29 bits per heavy atom. The Labute approximate surface area is 141 Å². The zero-order valence-corrected chi connectivity index (χ0v) is 13.5. The minimum absolute atomic E-state index is 0.225. The van der Waals surface area contributed by atoms with E-state index in [0.717, 1.165) is 12.0 Å². The van der Waals surface area contributed by atoms with Gasteiger partial charge in [0.1, 0.15) is 5.78 Å². The number of ketones is 1. The van der Waals surface area contributed by atoms with Gasteiger partial charge in [0.15, 0.2) is 12.0 Å². The Kier molecular flexibility index (Phi) is 4.85. The number of Topliss-reactive ketones (excluding diaryl/α,β-unsaturated/α-hetero) is 1. The average molecular weight is 321 g/mol. The number of carbonyl (C=O) groups is 2. The lowest BCUT2D eigenvalue weighted by atomic mass is 9.94. The third-order valence-electron chi connectivity index (χ3n) is 4.08. The van der Waals surface area contributed by atoms with E-state index < -0.39 is 18.0 Å². The molecule has 0 amide bonds. The van der Waals surface area contributed by atoms with Gasteiger partial charge in [-0.25, -0.2) is 0 Å². The third-order valence-corrected chi connectivity index (χ3v) is 4.08. The van der Waals surface area contributed by atoms with Crippen molar-refractivity contribution < 1.29 is 14.3 Å². The lowest BCUT2D eigenvalue weighted by Crippen LogP contribution is -2.24. The van der Waals surface area contributed by atoms with Crippen LogP contribution in [0.1, 0.15) is 24.2 Å². The lowest BCUT2D eigenvalue weighted by Gasteiger charge is -2.11. The summed E-state index contributed by atoms with van der Waals surface area (Å²) in [4.78, 5) is 28.6. The molecular weight excluding hydrogens is 302 g/mol. The van der Waals surface area contributed by atoms with Gasteiger partial charge in [-0.05, 0) is 24.5 Å². The molecule has 1 aliphatic heterocycles. The minimum atomic E-state index is -0.883. The highest BCUT2D eigenvalue weighted by Gasteiger charge is 2.44. The van der Waals surface area contributed by atoms with Crippen LogP contribution in [0.3, 0.4) is 0 Å². The largest absolute Gasteiger partial charge is 0.450 e. The molecule has 2 atom stereocenters. The van der Waals surface area contributed by atoms with E-state index in [2.05, 4.69) is 4.99 Å². The highest BCUT2D eigenvalue weighted by atomic mass is 16.6. The fraction of sp³-hybridized carbons (Fsp3) is 0.250. The van der Waals surface area contributed by atoms with Crippen LogP contribution in [0.5, 0.6) is 0 Å². The van der Waals surface area contributed by atoms with E-state index in [1.54, 1.807) is 0 Å². The molecule has 4 heteroatoms. The summed E-state index contributed by atoms with van der Waals surface area (Å²) in [6.45, 7) is 1.93. The molecule has 0 radical (unpaired) electrons. The molecule has 0 aliphatic carbocycles. The van der Waals surface area contributed by atoms with E-state index in [-0.39, 0.29) is 5.78 Å². The normalized spacial score (nSPS) is 21.7. The molecule has 1 fully saturated rings. The number of aliphatic imine (C=N–C) groups is 1. The number of rotatable bonds is 5. The van der Waals surface area contributed by atoms with Crippen molar-refractivity contribution in [2.24, 2.45) is 10.9 Å². The molecule has 24 heavy (non-hydrogen) atoms. The fourth-order valence-electron chi connectivity index (χ4n) is 2.89. The number of ether oxygens (including phenoxy) is 1. The number of carbonyl (C=O) groups excluding carboxylic acids is 2. The van der Waals surface area contributed by atoms with E-state index in [1.807, 2.05) is 60.7 Å². The predicted molar refractivity (Wildman–Crippen MR) is 91.9 cm³/mol. The Balaban J connectivity index is 1.85. The molecule has 2 aromatic rings. The van der Waals surface area contributed by atoms with Crippen molar-refractivity contribution in [3.8, 4) is 0 Å². The van der Waals surface area contributed by atoms with Gasteiger partial charge in [0, 0.05) is 6.54 Å². The SMILES string of the molecule is CC(=O)[C@@H]1C(=O)O[C@@H](c2ccccc2)C1=NCCc1ccccc1. The van der Waals surface area contributed by atoms with Crippen molar-refractivity contribution in [1.82, 2.24) is 0 Å². The van der Waals surface area contributed by atoms with Gasteiger partial charge in [-0.3, -0.25) is 14.6 Å². The van der Waals surface area contributed by atoms with Gasteiger partial charge >= 0.3 is 5.97 Å². The van der Waals surface area contributed by atoms with Crippen molar-refractivity contribution in [2.45, 2.75) is 19.4 Å². The summed E-state index contributed by atoms with van der Waals surface area (Å²) in [5.74, 6) is -1.61. The van der Waals surface area contributed by atoms with Crippen LogP contribution in [0.15, 0.2) is 65.7 Å². The average Bonchev–Trinajstić information content (AvgIpc) is 2.93. The highest BCUT2D eigenvalue weighted by molar-refractivity contribution is 6.23. The molecule has 0 aromatic heterocycles. The van der Waals surface area contributed by atoms with Crippen molar-refractivity contribution in [3.63, 3.8) is 0 Å². The standard InChI is InChI=1S/C20H19NO3/c1-14(22)17-18(21-13-12-15-8-4-2-5-9-15)19(24-20(17)23)16-10-6-3-7-11-16/h2-11,17,19H,12-13H2,1H3/t17-,19-/m0/s1. The Morgan fingerprint density at radius 1 is 1.04 bits per heavy atom. The van der Waals surface area contributed by atoms with E-state index in [4.69, 9.17) is 4.74 Å². The number of esters is 1. The third kappa shape index (κ3) is 3.43. The monoisotopic (exact) mass is 321 g/mol. The Hall–Kier alpha value is -2.75. The van der Waals surface area contributed by atoms with Crippen LogP contribution in [0.25, 0.3) is 0 Å². The fourth-order valence-corrected chi connectivity index (χ4v) is 2.89. The van der Waals surface area contributed by atoms with Gasteiger partial charge < -0.3 is 4.74 Å². The number of benzene rings is 2. The molecule has 1 heterocycles. The predicted octanol–water partition coefficient (Wildman–Crippen LogP) is 3.17. The summed E-state index contributed by atoms with van der Waals surface area (Å²) < 4.78 is 5.45. The van der Waals surface area contributed by atoms with E-state index in [9.17, 15) is 9.59 Å². The molecule has 0 unspecified atom stereocenters. The number of nitrogens with zero attached hydrogens (tertiary/aromatic N) is 1. The van der Waals surface area contributed by atoms with Crippen LogP contribution in [0, 0.1) is 5.92 Å². The van der Waals surface area contributed by atoms with Gasteiger partial charge in [0.05, 0.1) is 5.71 Å².